The fraction of sp³-hybridized carbons (Fsp3) is 0.370. The number of ether oxygens (including phenoxy) is 2. The van der Waals surface area contributed by atoms with Crippen LogP contribution in [0.25, 0.3) is 0 Å². The summed E-state index contributed by atoms with van der Waals surface area (Å²) in [5.41, 5.74) is 3.79. The summed E-state index contributed by atoms with van der Waals surface area (Å²) >= 11 is 3.36. The van der Waals surface area contributed by atoms with Crippen LogP contribution in [0, 0.1) is 0 Å². The molecule has 1 aliphatic carbocycles. The number of carbonyl (C=O) groups is 3. The second-order valence-corrected chi connectivity index (χ2v) is 10.9. The molecule has 1 N–H and O–H groups in total. The maximum absolute atomic E-state index is 13.6. The quantitative estimate of drug-likeness (QED) is 0.386. The Hall–Kier alpha value is -2.84. The Kier molecular flexibility index (Phi) is 8.13. The smallest absolute Gasteiger partial charge is 0.337 e. The van der Waals surface area contributed by atoms with Crippen LogP contribution in [0.2, 0.25) is 0 Å². The number of thiophene rings is 1. The lowest BCUT2D eigenvalue weighted by atomic mass is 9.72. The van der Waals surface area contributed by atoms with Crippen molar-refractivity contribution >= 4 is 40.8 Å². The number of nitrogens with one attached hydrogen (secondary N) is 1. The molecule has 0 bridgehead atoms. The molecule has 0 fully saturated rings. The minimum atomic E-state index is -0.555. The van der Waals surface area contributed by atoms with E-state index in [-0.39, 0.29) is 11.7 Å². The van der Waals surface area contributed by atoms with E-state index in [9.17, 15) is 14.4 Å². The van der Waals surface area contributed by atoms with E-state index in [1.165, 1.54) is 12.0 Å². The van der Waals surface area contributed by atoms with Crippen molar-refractivity contribution < 1.29 is 23.9 Å². The number of hydrogen-bond donors (Lipinski definition) is 1. The van der Waals surface area contributed by atoms with Gasteiger partial charge in [-0.1, -0.05) is 25.1 Å². The van der Waals surface area contributed by atoms with Gasteiger partial charge in [-0.2, -0.15) is 11.8 Å². The van der Waals surface area contributed by atoms with E-state index in [4.69, 9.17) is 9.47 Å². The molecular formula is C27H29NO5S2. The molecular weight excluding hydrogens is 482 g/mol. The van der Waals surface area contributed by atoms with Gasteiger partial charge in [0.25, 0.3) is 0 Å². The number of carbonyl (C=O) groups excluding carboxylic acids is 3. The average Bonchev–Trinajstić information content (AvgIpc) is 3.40. The van der Waals surface area contributed by atoms with Crippen molar-refractivity contribution in [2.45, 2.75) is 38.5 Å². The second-order valence-electron chi connectivity index (χ2n) is 8.48. The lowest BCUT2D eigenvalue weighted by Crippen LogP contribution is -2.36. The van der Waals surface area contributed by atoms with Gasteiger partial charge in [0.15, 0.2) is 5.78 Å². The Bertz CT molecular complexity index is 1160. The zero-order valence-corrected chi connectivity index (χ0v) is 21.7. The van der Waals surface area contributed by atoms with E-state index in [2.05, 4.69) is 18.3 Å². The number of dihydropyridines is 1. The lowest BCUT2D eigenvalue weighted by Gasteiger charge is -2.36. The minimum absolute atomic E-state index is 0.0264. The first kappa shape index (κ1) is 25.3. The Morgan fingerprint density at radius 1 is 1.14 bits per heavy atom. The van der Waals surface area contributed by atoms with Crippen molar-refractivity contribution in [1.82, 2.24) is 5.32 Å². The third kappa shape index (κ3) is 5.38. The van der Waals surface area contributed by atoms with Gasteiger partial charge in [-0.05, 0) is 48.2 Å². The van der Waals surface area contributed by atoms with Crippen LogP contribution in [-0.4, -0.2) is 42.9 Å². The standard InChI is InChI=1S/C27H29NO5S2/c1-4-34-13-11-33-27(31)23-16(2)28-20-14-19(22-6-5-12-35-22)15-21(29)25(20)24(23)17-7-9-18(10-8-17)26(30)32-3/h5-10,12,19,24,28H,4,11,13-15H2,1-3H3/t19-,24-/m0/s1. The van der Waals surface area contributed by atoms with Crippen molar-refractivity contribution in [1.29, 1.82) is 0 Å². The Morgan fingerprint density at radius 3 is 2.57 bits per heavy atom. The van der Waals surface area contributed by atoms with Crippen molar-refractivity contribution in [3.05, 3.63) is 80.3 Å². The highest BCUT2D eigenvalue weighted by atomic mass is 32.2. The van der Waals surface area contributed by atoms with Crippen LogP contribution < -0.4 is 5.32 Å². The van der Waals surface area contributed by atoms with Gasteiger partial charge in [0.1, 0.15) is 6.61 Å². The molecule has 1 aromatic heterocycles. The summed E-state index contributed by atoms with van der Waals surface area (Å²) in [6.45, 7) is 4.23. The number of esters is 2. The van der Waals surface area contributed by atoms with Crippen LogP contribution >= 0.6 is 23.1 Å². The molecule has 1 aromatic carbocycles. The number of hydrogen-bond acceptors (Lipinski definition) is 8. The molecule has 184 valence electrons. The summed E-state index contributed by atoms with van der Waals surface area (Å²) in [6.07, 6.45) is 1.09. The van der Waals surface area contributed by atoms with Crippen LogP contribution in [0.3, 0.4) is 0 Å². The van der Waals surface area contributed by atoms with Gasteiger partial charge in [0, 0.05) is 45.9 Å². The van der Waals surface area contributed by atoms with Crippen LogP contribution in [-0.2, 0) is 19.1 Å². The molecule has 2 aromatic rings. The fourth-order valence-electron chi connectivity index (χ4n) is 4.71. The highest BCUT2D eigenvalue weighted by Crippen LogP contribution is 2.46. The normalized spacial score (nSPS) is 19.8. The molecule has 2 aliphatic rings. The SMILES string of the molecule is CCSCCOC(=O)C1=C(C)NC2=C(C(=O)C[C@@H](c3cccs3)C2)[C@H]1c1ccc(C(=O)OC)cc1. The first-order valence-corrected chi connectivity index (χ1v) is 13.7. The highest BCUT2D eigenvalue weighted by Gasteiger charge is 2.41. The van der Waals surface area contributed by atoms with Crippen LogP contribution in [0.15, 0.2) is 64.3 Å². The number of ketones is 1. The van der Waals surface area contributed by atoms with E-state index in [1.807, 2.05) is 18.4 Å². The maximum Gasteiger partial charge on any atom is 0.337 e. The number of Topliss-reactive ketones (excluding diaryl/α,β-unsaturated/α-hetero) is 1. The number of benzene rings is 1. The summed E-state index contributed by atoms with van der Waals surface area (Å²) in [7, 11) is 1.34. The molecule has 0 radical (unpaired) electrons. The predicted molar refractivity (Wildman–Crippen MR) is 139 cm³/mol. The Balaban J connectivity index is 1.72. The van der Waals surface area contributed by atoms with Gasteiger partial charge in [-0.3, -0.25) is 4.79 Å². The highest BCUT2D eigenvalue weighted by molar-refractivity contribution is 7.99. The van der Waals surface area contributed by atoms with Crippen LogP contribution in [0.4, 0.5) is 0 Å². The minimum Gasteiger partial charge on any atom is -0.465 e. The molecule has 1 aliphatic heterocycles. The molecule has 35 heavy (non-hydrogen) atoms. The summed E-state index contributed by atoms with van der Waals surface area (Å²) in [5, 5.41) is 5.40. The zero-order chi connectivity index (χ0) is 24.9. The van der Waals surface area contributed by atoms with Crippen molar-refractivity contribution in [3.8, 4) is 0 Å². The van der Waals surface area contributed by atoms with Crippen molar-refractivity contribution in [2.24, 2.45) is 0 Å². The molecule has 0 saturated carbocycles. The summed E-state index contributed by atoms with van der Waals surface area (Å²) in [4.78, 5) is 40.0. The van der Waals surface area contributed by atoms with Gasteiger partial charge >= 0.3 is 11.9 Å². The van der Waals surface area contributed by atoms with Gasteiger partial charge in [-0.25, -0.2) is 9.59 Å². The first-order chi connectivity index (χ1) is 16.9. The molecule has 2 heterocycles. The van der Waals surface area contributed by atoms with E-state index < -0.39 is 17.9 Å². The van der Waals surface area contributed by atoms with Gasteiger partial charge < -0.3 is 14.8 Å². The van der Waals surface area contributed by atoms with E-state index in [1.54, 1.807) is 47.4 Å². The summed E-state index contributed by atoms with van der Waals surface area (Å²) in [6, 6.07) is 11.0. The van der Waals surface area contributed by atoms with Gasteiger partial charge in [0.2, 0.25) is 0 Å². The van der Waals surface area contributed by atoms with E-state index in [0.717, 1.165) is 22.8 Å². The largest absolute Gasteiger partial charge is 0.465 e. The first-order valence-electron chi connectivity index (χ1n) is 11.6. The molecule has 2 atom stereocenters. The summed E-state index contributed by atoms with van der Waals surface area (Å²) < 4.78 is 10.4. The van der Waals surface area contributed by atoms with E-state index in [0.29, 0.717) is 41.9 Å². The monoisotopic (exact) mass is 511 g/mol. The number of thioether (sulfide) groups is 1. The van der Waals surface area contributed by atoms with Gasteiger partial charge in [0.05, 0.1) is 18.2 Å². The Labute approximate surface area is 213 Å². The number of rotatable bonds is 8. The van der Waals surface area contributed by atoms with Crippen LogP contribution in [0.1, 0.15) is 59.3 Å². The second kappa shape index (κ2) is 11.3. The molecule has 0 spiro atoms. The molecule has 0 saturated heterocycles. The molecule has 0 unspecified atom stereocenters. The zero-order valence-electron chi connectivity index (χ0n) is 20.1. The fourth-order valence-corrected chi connectivity index (χ4v) is 6.03. The van der Waals surface area contributed by atoms with E-state index >= 15 is 0 Å². The van der Waals surface area contributed by atoms with Crippen LogP contribution in [0.5, 0.6) is 0 Å². The average molecular weight is 512 g/mol. The van der Waals surface area contributed by atoms with Gasteiger partial charge in [-0.15, -0.1) is 11.3 Å². The summed E-state index contributed by atoms with van der Waals surface area (Å²) in [5.74, 6) is 0.396. The topological polar surface area (TPSA) is 81.7 Å². The number of allylic oxidation sites excluding steroid dienone is 3. The third-order valence-corrected chi connectivity index (χ3v) is 8.22. The Morgan fingerprint density at radius 2 is 1.91 bits per heavy atom. The number of methoxy groups -OCH3 is 1. The molecule has 0 amide bonds. The lowest BCUT2D eigenvalue weighted by molar-refractivity contribution is -0.138. The molecule has 6 nitrogen and oxygen atoms in total. The maximum atomic E-state index is 13.6. The van der Waals surface area contributed by atoms with Crippen molar-refractivity contribution in [2.75, 3.05) is 25.2 Å². The van der Waals surface area contributed by atoms with Crippen molar-refractivity contribution in [3.63, 3.8) is 0 Å². The molecule has 4 rings (SSSR count). The third-order valence-electron chi connectivity index (χ3n) is 6.32. The predicted octanol–water partition coefficient (Wildman–Crippen LogP) is 5.19. The molecule has 8 heteroatoms.